The predicted octanol–water partition coefficient (Wildman–Crippen LogP) is 5.09. The number of rotatable bonds is 5. The topological polar surface area (TPSA) is 41.5 Å². The molecule has 2 aromatic carbocycles. The van der Waals surface area contributed by atoms with Crippen molar-refractivity contribution < 1.29 is 4.79 Å². The molecule has 0 heterocycles. The largest absolute Gasteiger partial charge is 0.271 e. The molecule has 0 atom stereocenters. The summed E-state index contributed by atoms with van der Waals surface area (Å²) >= 11 is 0. The van der Waals surface area contributed by atoms with Gasteiger partial charge in [0.15, 0.2) is 0 Å². The van der Waals surface area contributed by atoms with Crippen LogP contribution in [0.2, 0.25) is 0 Å². The third-order valence-corrected chi connectivity index (χ3v) is 4.25. The Morgan fingerprint density at radius 2 is 1.52 bits per heavy atom. The first kappa shape index (κ1) is 18.9. The Hall–Kier alpha value is -2.42. The number of amides is 1. The summed E-state index contributed by atoms with van der Waals surface area (Å²) in [6.45, 7) is 10.5. The highest BCUT2D eigenvalue weighted by molar-refractivity contribution is 6.00. The molecule has 0 aromatic heterocycles. The molecule has 132 valence electrons. The molecule has 0 aliphatic rings. The standard InChI is InChI=1S/C22H28N2O/c1-6-7-17-8-10-18(11-9-17)16(2)23-24-21(25)19-12-14-20(15-13-19)22(3,4)5/h8-15H,6-7H2,1-5H3,(H,24,25). The van der Waals surface area contributed by atoms with E-state index < -0.39 is 0 Å². The molecule has 0 fully saturated rings. The molecule has 3 nitrogen and oxygen atoms in total. The summed E-state index contributed by atoms with van der Waals surface area (Å²) in [6.07, 6.45) is 2.22. The maximum absolute atomic E-state index is 12.3. The molecule has 1 N–H and O–H groups in total. The molecule has 0 bridgehead atoms. The molecular formula is C22H28N2O. The van der Waals surface area contributed by atoms with Gasteiger partial charge in [0, 0.05) is 5.56 Å². The van der Waals surface area contributed by atoms with E-state index >= 15 is 0 Å². The van der Waals surface area contributed by atoms with Crippen LogP contribution in [-0.2, 0) is 11.8 Å². The van der Waals surface area contributed by atoms with Crippen LogP contribution in [0.25, 0.3) is 0 Å². The van der Waals surface area contributed by atoms with E-state index in [1.165, 1.54) is 11.1 Å². The van der Waals surface area contributed by atoms with Gasteiger partial charge in [-0.3, -0.25) is 4.79 Å². The third-order valence-electron chi connectivity index (χ3n) is 4.25. The summed E-state index contributed by atoms with van der Waals surface area (Å²) < 4.78 is 0. The van der Waals surface area contributed by atoms with E-state index in [2.05, 4.69) is 50.4 Å². The minimum Gasteiger partial charge on any atom is -0.267 e. The van der Waals surface area contributed by atoms with E-state index in [1.54, 1.807) is 0 Å². The molecule has 3 heteroatoms. The Balaban J connectivity index is 2.03. The molecule has 0 aliphatic heterocycles. The average Bonchev–Trinajstić information content (AvgIpc) is 2.59. The SMILES string of the molecule is CCCc1ccc(C(C)=NNC(=O)c2ccc(C(C)(C)C)cc2)cc1. The zero-order valence-corrected chi connectivity index (χ0v) is 15.9. The number of aryl methyl sites for hydroxylation is 1. The van der Waals surface area contributed by atoms with Gasteiger partial charge in [-0.05, 0) is 47.6 Å². The number of hydrazone groups is 1. The van der Waals surface area contributed by atoms with Crippen LogP contribution >= 0.6 is 0 Å². The molecule has 1 amide bonds. The Morgan fingerprint density at radius 1 is 0.960 bits per heavy atom. The van der Waals surface area contributed by atoms with Crippen molar-refractivity contribution in [3.05, 3.63) is 70.8 Å². The Kier molecular flexibility index (Phi) is 6.13. The van der Waals surface area contributed by atoms with E-state index in [4.69, 9.17) is 0 Å². The fourth-order valence-corrected chi connectivity index (χ4v) is 2.59. The van der Waals surface area contributed by atoms with Crippen LogP contribution in [0.3, 0.4) is 0 Å². The van der Waals surface area contributed by atoms with E-state index in [0.29, 0.717) is 5.56 Å². The van der Waals surface area contributed by atoms with Gasteiger partial charge in [0.1, 0.15) is 0 Å². The minimum absolute atomic E-state index is 0.0771. The second-order valence-electron chi connectivity index (χ2n) is 7.41. The predicted molar refractivity (Wildman–Crippen MR) is 105 cm³/mol. The maximum atomic E-state index is 12.3. The first-order chi connectivity index (χ1) is 11.8. The van der Waals surface area contributed by atoms with Crippen molar-refractivity contribution in [2.24, 2.45) is 5.10 Å². The van der Waals surface area contributed by atoms with Gasteiger partial charge in [0.05, 0.1) is 5.71 Å². The van der Waals surface area contributed by atoms with Gasteiger partial charge >= 0.3 is 0 Å². The first-order valence-electron chi connectivity index (χ1n) is 8.85. The molecule has 25 heavy (non-hydrogen) atoms. The number of hydrogen-bond donors (Lipinski definition) is 1. The van der Waals surface area contributed by atoms with Crippen LogP contribution in [0.1, 0.15) is 68.1 Å². The lowest BCUT2D eigenvalue weighted by molar-refractivity contribution is 0.0955. The van der Waals surface area contributed by atoms with Gasteiger partial charge in [0.25, 0.3) is 5.91 Å². The van der Waals surface area contributed by atoms with Crippen LogP contribution in [0.15, 0.2) is 53.6 Å². The lowest BCUT2D eigenvalue weighted by Crippen LogP contribution is -2.20. The second-order valence-corrected chi connectivity index (χ2v) is 7.41. The summed E-state index contributed by atoms with van der Waals surface area (Å²) in [7, 11) is 0. The number of carbonyl (C=O) groups is 1. The van der Waals surface area contributed by atoms with Gasteiger partial charge in [-0.2, -0.15) is 5.10 Å². The van der Waals surface area contributed by atoms with E-state index in [1.807, 2.05) is 43.3 Å². The zero-order valence-electron chi connectivity index (χ0n) is 15.9. The van der Waals surface area contributed by atoms with Crippen molar-refractivity contribution in [1.29, 1.82) is 0 Å². The summed E-state index contributed by atoms with van der Waals surface area (Å²) in [5.74, 6) is -0.192. The van der Waals surface area contributed by atoms with Gasteiger partial charge in [0.2, 0.25) is 0 Å². The number of carbonyl (C=O) groups excluding carboxylic acids is 1. The second kappa shape index (κ2) is 8.11. The normalized spacial score (nSPS) is 12.1. The smallest absolute Gasteiger partial charge is 0.267 e. The van der Waals surface area contributed by atoms with Crippen molar-refractivity contribution in [3.63, 3.8) is 0 Å². The average molecular weight is 336 g/mol. The van der Waals surface area contributed by atoms with Crippen LogP contribution in [0.4, 0.5) is 0 Å². The Morgan fingerprint density at radius 3 is 2.04 bits per heavy atom. The molecule has 0 spiro atoms. The van der Waals surface area contributed by atoms with Gasteiger partial charge in [-0.25, -0.2) is 5.43 Å². The third kappa shape index (κ3) is 5.28. The van der Waals surface area contributed by atoms with Crippen LogP contribution in [-0.4, -0.2) is 11.6 Å². The Labute approximate surface area is 151 Å². The van der Waals surface area contributed by atoms with Crippen molar-refractivity contribution >= 4 is 11.6 Å². The van der Waals surface area contributed by atoms with Crippen molar-refractivity contribution in [3.8, 4) is 0 Å². The lowest BCUT2D eigenvalue weighted by Gasteiger charge is -2.18. The summed E-state index contributed by atoms with van der Waals surface area (Å²) in [6, 6.07) is 16.0. The molecule has 0 saturated carbocycles. The van der Waals surface area contributed by atoms with E-state index in [9.17, 15) is 4.79 Å². The van der Waals surface area contributed by atoms with E-state index in [-0.39, 0.29) is 11.3 Å². The zero-order chi connectivity index (χ0) is 18.4. The minimum atomic E-state index is -0.192. The Bertz CT molecular complexity index is 735. The molecule has 2 rings (SSSR count). The van der Waals surface area contributed by atoms with Crippen molar-refractivity contribution in [2.75, 3.05) is 0 Å². The monoisotopic (exact) mass is 336 g/mol. The van der Waals surface area contributed by atoms with Gasteiger partial charge in [-0.1, -0.05) is 70.5 Å². The molecule has 0 unspecified atom stereocenters. The van der Waals surface area contributed by atoms with Gasteiger partial charge < -0.3 is 0 Å². The van der Waals surface area contributed by atoms with Crippen LogP contribution in [0.5, 0.6) is 0 Å². The number of benzene rings is 2. The fraction of sp³-hybridized carbons (Fsp3) is 0.364. The highest BCUT2D eigenvalue weighted by Crippen LogP contribution is 2.22. The number of nitrogens with one attached hydrogen (secondary N) is 1. The summed E-state index contributed by atoms with van der Waals surface area (Å²) in [5.41, 5.74) is 7.67. The highest BCUT2D eigenvalue weighted by Gasteiger charge is 2.14. The quantitative estimate of drug-likeness (QED) is 0.599. The number of hydrogen-bond acceptors (Lipinski definition) is 2. The fourth-order valence-electron chi connectivity index (χ4n) is 2.59. The van der Waals surface area contributed by atoms with Crippen LogP contribution < -0.4 is 5.43 Å². The molecule has 2 aromatic rings. The molecule has 0 saturated heterocycles. The first-order valence-corrected chi connectivity index (χ1v) is 8.85. The lowest BCUT2D eigenvalue weighted by atomic mass is 9.87. The molecule has 0 aliphatic carbocycles. The summed E-state index contributed by atoms with van der Waals surface area (Å²) in [4.78, 5) is 12.3. The van der Waals surface area contributed by atoms with Gasteiger partial charge in [-0.15, -0.1) is 0 Å². The van der Waals surface area contributed by atoms with Crippen molar-refractivity contribution in [2.45, 2.75) is 52.9 Å². The summed E-state index contributed by atoms with van der Waals surface area (Å²) in [5, 5.41) is 4.23. The maximum Gasteiger partial charge on any atom is 0.271 e. The number of nitrogens with zero attached hydrogens (tertiary/aromatic N) is 1. The van der Waals surface area contributed by atoms with Crippen LogP contribution in [0, 0.1) is 0 Å². The molecular weight excluding hydrogens is 308 g/mol. The highest BCUT2D eigenvalue weighted by atomic mass is 16.2. The van der Waals surface area contributed by atoms with E-state index in [0.717, 1.165) is 24.1 Å². The van der Waals surface area contributed by atoms with Crippen molar-refractivity contribution in [1.82, 2.24) is 5.43 Å². The molecule has 0 radical (unpaired) electrons.